The molecule has 0 bridgehead atoms. The largest absolute Gasteiger partial charge is 0.338 e. The molecular formula is C16H22ClNOS. The first-order valence-corrected chi connectivity index (χ1v) is 9.15. The zero-order valence-corrected chi connectivity index (χ0v) is 13.4. The highest BCUT2D eigenvalue weighted by Crippen LogP contribution is 2.37. The van der Waals surface area contributed by atoms with Gasteiger partial charge in [0.15, 0.2) is 0 Å². The van der Waals surface area contributed by atoms with Gasteiger partial charge in [-0.05, 0) is 49.1 Å². The van der Waals surface area contributed by atoms with Gasteiger partial charge in [-0.15, -0.1) is 22.9 Å². The fraction of sp³-hybridized carbons (Fsp3) is 0.688. The SMILES string of the molecule is O=C(C1CCCc2sccc21)N(CCCl)C1CCCC1. The average molecular weight is 312 g/mol. The summed E-state index contributed by atoms with van der Waals surface area (Å²) in [5, 5.41) is 2.14. The molecule has 0 spiro atoms. The maximum atomic E-state index is 13.0. The van der Waals surface area contributed by atoms with Crippen molar-refractivity contribution >= 4 is 28.8 Å². The van der Waals surface area contributed by atoms with E-state index in [2.05, 4.69) is 16.3 Å². The molecule has 2 aliphatic carbocycles. The summed E-state index contributed by atoms with van der Waals surface area (Å²) < 4.78 is 0. The van der Waals surface area contributed by atoms with Crippen LogP contribution in [0.2, 0.25) is 0 Å². The number of fused-ring (bicyclic) bond motifs is 1. The Kier molecular flexibility index (Phi) is 4.67. The van der Waals surface area contributed by atoms with Crippen molar-refractivity contribution in [3.8, 4) is 0 Å². The number of hydrogen-bond donors (Lipinski definition) is 0. The van der Waals surface area contributed by atoms with Crippen molar-refractivity contribution in [2.75, 3.05) is 12.4 Å². The second-order valence-electron chi connectivity index (χ2n) is 5.90. The summed E-state index contributed by atoms with van der Waals surface area (Å²) in [6, 6.07) is 2.60. The zero-order valence-electron chi connectivity index (χ0n) is 11.8. The van der Waals surface area contributed by atoms with Crippen LogP contribution in [0.5, 0.6) is 0 Å². The molecule has 1 unspecified atom stereocenters. The molecule has 3 rings (SSSR count). The Morgan fingerprint density at radius 1 is 1.30 bits per heavy atom. The lowest BCUT2D eigenvalue weighted by Crippen LogP contribution is -2.43. The van der Waals surface area contributed by atoms with Gasteiger partial charge in [0.1, 0.15) is 0 Å². The van der Waals surface area contributed by atoms with E-state index in [9.17, 15) is 4.79 Å². The Morgan fingerprint density at radius 3 is 2.85 bits per heavy atom. The van der Waals surface area contributed by atoms with Crippen molar-refractivity contribution in [1.29, 1.82) is 0 Å². The number of halogens is 1. The van der Waals surface area contributed by atoms with Gasteiger partial charge in [-0.3, -0.25) is 4.79 Å². The van der Waals surface area contributed by atoms with E-state index in [4.69, 9.17) is 11.6 Å². The molecule has 2 aliphatic rings. The number of aryl methyl sites for hydroxylation is 1. The molecule has 0 N–H and O–H groups in total. The normalized spacial score (nSPS) is 22.8. The van der Waals surface area contributed by atoms with Gasteiger partial charge in [-0.2, -0.15) is 0 Å². The topological polar surface area (TPSA) is 20.3 Å². The summed E-state index contributed by atoms with van der Waals surface area (Å²) in [5.41, 5.74) is 1.30. The van der Waals surface area contributed by atoms with Crippen molar-refractivity contribution < 1.29 is 4.79 Å². The molecule has 1 fully saturated rings. The minimum atomic E-state index is 0.0915. The van der Waals surface area contributed by atoms with Crippen LogP contribution >= 0.6 is 22.9 Å². The molecule has 2 nitrogen and oxygen atoms in total. The number of carbonyl (C=O) groups excluding carboxylic acids is 1. The zero-order chi connectivity index (χ0) is 13.9. The third-order valence-electron chi connectivity index (χ3n) is 4.72. The molecule has 0 saturated heterocycles. The molecule has 1 saturated carbocycles. The molecule has 0 radical (unpaired) electrons. The Morgan fingerprint density at radius 2 is 2.10 bits per heavy atom. The summed E-state index contributed by atoms with van der Waals surface area (Å²) >= 11 is 7.75. The van der Waals surface area contributed by atoms with Gasteiger partial charge in [0.25, 0.3) is 0 Å². The van der Waals surface area contributed by atoms with E-state index < -0.39 is 0 Å². The van der Waals surface area contributed by atoms with E-state index in [1.807, 2.05) is 11.3 Å². The summed E-state index contributed by atoms with van der Waals surface area (Å²) in [7, 11) is 0. The van der Waals surface area contributed by atoms with Crippen LogP contribution < -0.4 is 0 Å². The van der Waals surface area contributed by atoms with Crippen LogP contribution in [0.1, 0.15) is 54.9 Å². The second-order valence-corrected chi connectivity index (χ2v) is 7.28. The van der Waals surface area contributed by atoms with E-state index in [1.165, 1.54) is 23.3 Å². The quantitative estimate of drug-likeness (QED) is 0.764. The first-order valence-electron chi connectivity index (χ1n) is 7.74. The minimum Gasteiger partial charge on any atom is -0.338 e. The average Bonchev–Trinajstić information content (AvgIpc) is 3.14. The lowest BCUT2D eigenvalue weighted by molar-refractivity contribution is -0.135. The first-order chi connectivity index (χ1) is 9.81. The van der Waals surface area contributed by atoms with Gasteiger partial charge < -0.3 is 4.90 Å². The summed E-state index contributed by atoms with van der Waals surface area (Å²) in [5.74, 6) is 0.969. The molecule has 1 aromatic heterocycles. The highest BCUT2D eigenvalue weighted by Gasteiger charge is 2.34. The summed E-state index contributed by atoms with van der Waals surface area (Å²) in [4.78, 5) is 16.5. The standard InChI is InChI=1S/C16H22ClNOS/c17-9-10-18(12-4-1-2-5-12)16(19)14-6-3-7-15-13(14)8-11-20-15/h8,11-12,14H,1-7,9-10H2. The number of carbonyl (C=O) groups is 1. The predicted molar refractivity (Wildman–Crippen MR) is 84.7 cm³/mol. The monoisotopic (exact) mass is 311 g/mol. The smallest absolute Gasteiger partial charge is 0.230 e. The highest BCUT2D eigenvalue weighted by molar-refractivity contribution is 7.10. The lowest BCUT2D eigenvalue weighted by Gasteiger charge is -2.33. The number of alkyl halides is 1. The number of hydrogen-bond acceptors (Lipinski definition) is 2. The minimum absolute atomic E-state index is 0.0915. The molecule has 110 valence electrons. The van der Waals surface area contributed by atoms with Crippen LogP contribution in [0.15, 0.2) is 11.4 Å². The molecule has 1 atom stereocenters. The molecule has 20 heavy (non-hydrogen) atoms. The second kappa shape index (κ2) is 6.48. The number of thiophene rings is 1. The van der Waals surface area contributed by atoms with Crippen LogP contribution in [0, 0.1) is 0 Å². The van der Waals surface area contributed by atoms with E-state index in [-0.39, 0.29) is 5.92 Å². The fourth-order valence-electron chi connectivity index (χ4n) is 3.72. The third kappa shape index (κ3) is 2.75. The van der Waals surface area contributed by atoms with E-state index in [0.29, 0.717) is 24.4 Å². The maximum absolute atomic E-state index is 13.0. The van der Waals surface area contributed by atoms with Gasteiger partial charge in [0.2, 0.25) is 5.91 Å². The van der Waals surface area contributed by atoms with Crippen LogP contribution in [-0.4, -0.2) is 29.3 Å². The molecule has 1 amide bonds. The van der Waals surface area contributed by atoms with Crippen LogP contribution in [-0.2, 0) is 11.2 Å². The van der Waals surface area contributed by atoms with Crippen molar-refractivity contribution in [1.82, 2.24) is 4.90 Å². The Bertz CT molecular complexity index is 467. The summed E-state index contributed by atoms with van der Waals surface area (Å²) in [6.07, 6.45) is 8.13. The molecule has 0 aromatic carbocycles. The van der Waals surface area contributed by atoms with Crippen LogP contribution in [0.25, 0.3) is 0 Å². The van der Waals surface area contributed by atoms with Gasteiger partial charge in [-0.1, -0.05) is 12.8 Å². The van der Waals surface area contributed by atoms with Gasteiger partial charge in [0.05, 0.1) is 5.92 Å². The van der Waals surface area contributed by atoms with E-state index >= 15 is 0 Å². The first kappa shape index (κ1) is 14.4. The van der Waals surface area contributed by atoms with Crippen molar-refractivity contribution in [2.45, 2.75) is 56.9 Å². The molecule has 1 heterocycles. The lowest BCUT2D eigenvalue weighted by atomic mass is 9.86. The Labute approximate surface area is 130 Å². The number of nitrogens with zero attached hydrogens (tertiary/aromatic N) is 1. The molecule has 1 aromatic rings. The molecule has 0 aliphatic heterocycles. The molecule has 4 heteroatoms. The van der Waals surface area contributed by atoms with Crippen molar-refractivity contribution in [2.24, 2.45) is 0 Å². The maximum Gasteiger partial charge on any atom is 0.230 e. The van der Waals surface area contributed by atoms with Crippen molar-refractivity contribution in [3.63, 3.8) is 0 Å². The van der Waals surface area contributed by atoms with E-state index in [1.54, 1.807) is 0 Å². The predicted octanol–water partition coefficient (Wildman–Crippen LogP) is 4.18. The third-order valence-corrected chi connectivity index (χ3v) is 5.89. The van der Waals surface area contributed by atoms with Gasteiger partial charge >= 0.3 is 0 Å². The van der Waals surface area contributed by atoms with Crippen LogP contribution in [0.4, 0.5) is 0 Å². The number of amides is 1. The Hall–Kier alpha value is -0.540. The number of rotatable bonds is 4. The van der Waals surface area contributed by atoms with Gasteiger partial charge in [0, 0.05) is 23.3 Å². The fourth-order valence-corrected chi connectivity index (χ4v) is 4.89. The van der Waals surface area contributed by atoms with Crippen molar-refractivity contribution in [3.05, 3.63) is 21.9 Å². The summed E-state index contributed by atoms with van der Waals surface area (Å²) in [6.45, 7) is 0.709. The van der Waals surface area contributed by atoms with E-state index in [0.717, 1.165) is 32.1 Å². The van der Waals surface area contributed by atoms with Gasteiger partial charge in [-0.25, -0.2) is 0 Å². The Balaban J connectivity index is 1.80. The van der Waals surface area contributed by atoms with Crippen LogP contribution in [0.3, 0.4) is 0 Å². The molecular weight excluding hydrogens is 290 g/mol. The highest BCUT2D eigenvalue weighted by atomic mass is 35.5.